The van der Waals surface area contributed by atoms with Gasteiger partial charge in [-0.1, -0.05) is 5.16 Å². The van der Waals surface area contributed by atoms with Gasteiger partial charge in [-0.3, -0.25) is 4.98 Å². The summed E-state index contributed by atoms with van der Waals surface area (Å²) in [7, 11) is 0. The highest BCUT2D eigenvalue weighted by Crippen LogP contribution is 2.36. The molecule has 0 aromatic carbocycles. The van der Waals surface area contributed by atoms with Gasteiger partial charge in [-0.25, -0.2) is 0 Å². The fourth-order valence-electron chi connectivity index (χ4n) is 1.77. The average Bonchev–Trinajstić information content (AvgIpc) is 2.86. The zero-order valence-corrected chi connectivity index (χ0v) is 8.44. The molecular weight excluding hydrogens is 190 g/mol. The van der Waals surface area contributed by atoms with Crippen molar-refractivity contribution in [3.05, 3.63) is 24.0 Å². The quantitative estimate of drug-likeness (QED) is 0.823. The summed E-state index contributed by atoms with van der Waals surface area (Å²) < 4.78 is 5.18. The average molecular weight is 203 g/mol. The normalized spacial score (nSPS) is 18.2. The first-order valence-corrected chi connectivity index (χ1v) is 5.25. The summed E-state index contributed by atoms with van der Waals surface area (Å²) >= 11 is 0. The number of pyridine rings is 1. The van der Waals surface area contributed by atoms with Crippen molar-refractivity contribution in [2.45, 2.75) is 31.2 Å². The molecule has 78 valence electrons. The Hall–Kier alpha value is -1.42. The molecule has 2 heterocycles. The maximum Gasteiger partial charge on any atom is 0.185 e. The Labute approximate surface area is 87.5 Å². The molecule has 15 heavy (non-hydrogen) atoms. The first-order chi connectivity index (χ1) is 7.27. The Morgan fingerprint density at radius 2 is 2.33 bits per heavy atom. The fraction of sp³-hybridized carbons (Fsp3) is 0.455. The highest BCUT2D eigenvalue weighted by molar-refractivity contribution is 5.74. The van der Waals surface area contributed by atoms with Crippen LogP contribution in [0.5, 0.6) is 0 Å². The van der Waals surface area contributed by atoms with Crippen molar-refractivity contribution in [1.29, 1.82) is 0 Å². The molecule has 2 aromatic rings. The fourth-order valence-corrected chi connectivity index (χ4v) is 1.77. The van der Waals surface area contributed by atoms with Gasteiger partial charge in [-0.2, -0.15) is 0 Å². The van der Waals surface area contributed by atoms with Gasteiger partial charge in [0.1, 0.15) is 11.2 Å². The van der Waals surface area contributed by atoms with Crippen molar-refractivity contribution < 1.29 is 4.52 Å². The molecule has 0 atom stereocenters. The van der Waals surface area contributed by atoms with Gasteiger partial charge >= 0.3 is 0 Å². The summed E-state index contributed by atoms with van der Waals surface area (Å²) in [6.45, 7) is 0. The third kappa shape index (κ3) is 1.61. The number of nitrogens with two attached hydrogens (primary N) is 1. The maximum absolute atomic E-state index is 6.03. The third-order valence-electron chi connectivity index (χ3n) is 3.05. The molecule has 3 rings (SSSR count). The molecule has 2 aromatic heterocycles. The summed E-state index contributed by atoms with van der Waals surface area (Å²) in [5, 5.41) is 4.03. The molecule has 2 N–H and O–H groups in total. The standard InChI is InChI=1S/C11H13N3O/c12-11(5-6-11)4-3-8-10-9(15-14-8)2-1-7-13-10/h1-2,7H,3-6,12H2. The van der Waals surface area contributed by atoms with Crippen LogP contribution in [0, 0.1) is 0 Å². The summed E-state index contributed by atoms with van der Waals surface area (Å²) in [5.41, 5.74) is 8.67. The monoisotopic (exact) mass is 203 g/mol. The Morgan fingerprint density at radius 1 is 1.47 bits per heavy atom. The van der Waals surface area contributed by atoms with Gasteiger partial charge in [0.25, 0.3) is 0 Å². The molecule has 0 saturated heterocycles. The maximum atomic E-state index is 6.03. The number of rotatable bonds is 3. The number of hydrogen-bond donors (Lipinski definition) is 1. The van der Waals surface area contributed by atoms with Crippen LogP contribution >= 0.6 is 0 Å². The van der Waals surface area contributed by atoms with Gasteiger partial charge < -0.3 is 10.3 Å². The topological polar surface area (TPSA) is 64.9 Å². The molecule has 0 spiro atoms. The van der Waals surface area contributed by atoms with E-state index in [9.17, 15) is 0 Å². The van der Waals surface area contributed by atoms with E-state index in [1.165, 1.54) is 0 Å². The second kappa shape index (κ2) is 3.03. The predicted octanol–water partition coefficient (Wildman–Crippen LogP) is 1.65. The second-order valence-corrected chi connectivity index (χ2v) is 4.34. The van der Waals surface area contributed by atoms with Crippen LogP contribution in [0.15, 0.2) is 22.9 Å². The number of fused-ring (bicyclic) bond motifs is 1. The lowest BCUT2D eigenvalue weighted by molar-refractivity contribution is 0.441. The van der Waals surface area contributed by atoms with E-state index in [4.69, 9.17) is 10.3 Å². The molecule has 0 amide bonds. The molecule has 0 aliphatic heterocycles. The molecular formula is C11H13N3O. The lowest BCUT2D eigenvalue weighted by Crippen LogP contribution is -2.22. The number of hydrogen-bond acceptors (Lipinski definition) is 4. The molecule has 4 heteroatoms. The van der Waals surface area contributed by atoms with Gasteiger partial charge in [-0.15, -0.1) is 0 Å². The minimum atomic E-state index is 0.0695. The van der Waals surface area contributed by atoms with Crippen LogP contribution in [-0.2, 0) is 6.42 Å². The lowest BCUT2D eigenvalue weighted by atomic mass is 10.1. The van der Waals surface area contributed by atoms with E-state index in [-0.39, 0.29) is 5.54 Å². The van der Waals surface area contributed by atoms with Crippen molar-refractivity contribution in [1.82, 2.24) is 10.1 Å². The van der Waals surface area contributed by atoms with Gasteiger partial charge in [0.05, 0.1) is 0 Å². The smallest absolute Gasteiger partial charge is 0.185 e. The molecule has 1 aliphatic rings. The van der Waals surface area contributed by atoms with Gasteiger partial charge in [0.2, 0.25) is 0 Å². The van der Waals surface area contributed by atoms with Crippen molar-refractivity contribution in [3.63, 3.8) is 0 Å². The van der Waals surface area contributed by atoms with E-state index in [2.05, 4.69) is 10.1 Å². The van der Waals surface area contributed by atoms with Crippen LogP contribution in [0.3, 0.4) is 0 Å². The molecule has 1 fully saturated rings. The Balaban J connectivity index is 1.84. The SMILES string of the molecule is NC1(CCc2noc3cccnc23)CC1. The van der Waals surface area contributed by atoms with Crippen LogP contribution < -0.4 is 5.73 Å². The second-order valence-electron chi connectivity index (χ2n) is 4.34. The molecule has 1 aliphatic carbocycles. The van der Waals surface area contributed by atoms with E-state index in [0.717, 1.165) is 42.5 Å². The molecule has 0 radical (unpaired) electrons. The first-order valence-electron chi connectivity index (χ1n) is 5.25. The summed E-state index contributed by atoms with van der Waals surface area (Å²) in [4.78, 5) is 4.27. The van der Waals surface area contributed by atoms with Crippen molar-refractivity contribution >= 4 is 11.1 Å². The molecule has 0 unspecified atom stereocenters. The van der Waals surface area contributed by atoms with E-state index in [0.29, 0.717) is 0 Å². The van der Waals surface area contributed by atoms with E-state index in [1.807, 2.05) is 12.1 Å². The van der Waals surface area contributed by atoms with Crippen LogP contribution in [-0.4, -0.2) is 15.7 Å². The van der Waals surface area contributed by atoms with Crippen LogP contribution in [0.4, 0.5) is 0 Å². The summed E-state index contributed by atoms with van der Waals surface area (Å²) in [6.07, 6.45) is 5.87. The number of nitrogens with zero attached hydrogens (tertiary/aromatic N) is 2. The van der Waals surface area contributed by atoms with E-state index < -0.39 is 0 Å². The summed E-state index contributed by atoms with van der Waals surface area (Å²) in [5.74, 6) is 0. The van der Waals surface area contributed by atoms with Gasteiger partial charge in [0.15, 0.2) is 5.58 Å². The van der Waals surface area contributed by atoms with Crippen molar-refractivity contribution in [2.24, 2.45) is 5.73 Å². The first kappa shape index (κ1) is 8.85. The van der Waals surface area contributed by atoms with Crippen LogP contribution in [0.2, 0.25) is 0 Å². The van der Waals surface area contributed by atoms with Gasteiger partial charge in [-0.05, 0) is 37.8 Å². The van der Waals surface area contributed by atoms with Crippen LogP contribution in [0.1, 0.15) is 25.0 Å². The number of aryl methyl sites for hydroxylation is 1. The minimum Gasteiger partial charge on any atom is -0.354 e. The lowest BCUT2D eigenvalue weighted by Gasteiger charge is -2.04. The van der Waals surface area contributed by atoms with Crippen molar-refractivity contribution in [2.75, 3.05) is 0 Å². The van der Waals surface area contributed by atoms with E-state index in [1.54, 1.807) is 6.20 Å². The molecule has 4 nitrogen and oxygen atoms in total. The highest BCUT2D eigenvalue weighted by Gasteiger charge is 2.37. The Morgan fingerprint density at radius 3 is 3.13 bits per heavy atom. The highest BCUT2D eigenvalue weighted by atomic mass is 16.5. The zero-order valence-electron chi connectivity index (χ0n) is 8.44. The minimum absolute atomic E-state index is 0.0695. The molecule has 1 saturated carbocycles. The summed E-state index contributed by atoms with van der Waals surface area (Å²) in [6, 6.07) is 3.73. The number of aromatic nitrogens is 2. The third-order valence-corrected chi connectivity index (χ3v) is 3.05. The predicted molar refractivity (Wildman–Crippen MR) is 56.3 cm³/mol. The Bertz CT molecular complexity index is 487. The van der Waals surface area contributed by atoms with Crippen LogP contribution in [0.25, 0.3) is 11.1 Å². The van der Waals surface area contributed by atoms with E-state index >= 15 is 0 Å². The Kier molecular flexibility index (Phi) is 1.79. The van der Waals surface area contributed by atoms with Gasteiger partial charge in [0, 0.05) is 11.7 Å². The zero-order chi connectivity index (χ0) is 10.3. The van der Waals surface area contributed by atoms with Crippen molar-refractivity contribution in [3.8, 4) is 0 Å². The largest absolute Gasteiger partial charge is 0.354 e. The molecule has 0 bridgehead atoms.